The second-order valence-corrected chi connectivity index (χ2v) is 5.30. The van der Waals surface area contributed by atoms with E-state index in [1.54, 1.807) is 12.4 Å². The highest BCUT2D eigenvalue weighted by Crippen LogP contribution is 2.27. The molecule has 0 saturated heterocycles. The van der Waals surface area contributed by atoms with Crippen molar-refractivity contribution in [3.05, 3.63) is 108 Å². The Hall–Kier alpha value is -3.20. The fraction of sp³-hybridized carbons (Fsp3) is 0. The van der Waals surface area contributed by atoms with Gasteiger partial charge in [-0.1, -0.05) is 36.4 Å². The van der Waals surface area contributed by atoms with E-state index < -0.39 is 0 Å². The Balaban J connectivity index is 1.82. The summed E-state index contributed by atoms with van der Waals surface area (Å²) in [5.41, 5.74) is 6.12. The molecule has 3 nitrogen and oxygen atoms in total. The van der Waals surface area contributed by atoms with Gasteiger partial charge >= 0.3 is 0 Å². The van der Waals surface area contributed by atoms with Crippen molar-refractivity contribution >= 4 is 11.4 Å². The molecule has 3 heteroatoms. The Morgan fingerprint density at radius 1 is 0.652 bits per heavy atom. The summed E-state index contributed by atoms with van der Waals surface area (Å²) in [6, 6.07) is 11.8. The summed E-state index contributed by atoms with van der Waals surface area (Å²) in [5.74, 6) is 0. The number of rotatable bonds is 2. The molecular formula is C20H15N3. The van der Waals surface area contributed by atoms with Crippen LogP contribution in [0.15, 0.2) is 96.4 Å². The zero-order valence-electron chi connectivity index (χ0n) is 12.5. The van der Waals surface area contributed by atoms with E-state index >= 15 is 0 Å². The molecule has 3 heterocycles. The van der Waals surface area contributed by atoms with Crippen molar-refractivity contribution in [2.45, 2.75) is 0 Å². The quantitative estimate of drug-likeness (QED) is 0.914. The Bertz CT molecular complexity index is 798. The normalized spacial score (nSPS) is 16.2. The Labute approximate surface area is 135 Å². The third kappa shape index (κ3) is 2.77. The fourth-order valence-corrected chi connectivity index (χ4v) is 2.62. The number of pyridine rings is 2. The van der Waals surface area contributed by atoms with Gasteiger partial charge in [0.1, 0.15) is 0 Å². The number of hydrogen-bond donors (Lipinski definition) is 1. The van der Waals surface area contributed by atoms with Gasteiger partial charge in [0.25, 0.3) is 0 Å². The number of hydrogen-bond acceptors (Lipinski definition) is 3. The lowest BCUT2D eigenvalue weighted by Gasteiger charge is -2.19. The lowest BCUT2D eigenvalue weighted by Crippen LogP contribution is -2.16. The van der Waals surface area contributed by atoms with Crippen LogP contribution < -0.4 is 5.32 Å². The van der Waals surface area contributed by atoms with E-state index in [1.807, 2.05) is 48.6 Å². The van der Waals surface area contributed by atoms with Gasteiger partial charge in [-0.05, 0) is 47.6 Å². The first-order chi connectivity index (χ1) is 11.4. The third-order valence-electron chi connectivity index (χ3n) is 3.75. The summed E-state index contributed by atoms with van der Waals surface area (Å²) in [6.07, 6.45) is 16.2. The van der Waals surface area contributed by atoms with Gasteiger partial charge in [0, 0.05) is 12.4 Å². The lowest BCUT2D eigenvalue weighted by atomic mass is 10.0. The van der Waals surface area contributed by atoms with Crippen LogP contribution in [0.5, 0.6) is 0 Å². The number of aromatic nitrogens is 2. The van der Waals surface area contributed by atoms with Crippen molar-refractivity contribution in [1.29, 1.82) is 0 Å². The standard InChI is InChI=1S/C20H15N3/c1-2-8-15(7-1)16-13-19(17-9-3-5-11-21-17)23-20(14-16)18-10-4-6-12-22-18/h1-14,23H. The Kier molecular flexibility index (Phi) is 3.45. The van der Waals surface area contributed by atoms with Crippen LogP contribution in [0.1, 0.15) is 11.4 Å². The molecule has 0 unspecified atom stereocenters. The first-order valence-electron chi connectivity index (χ1n) is 7.52. The maximum absolute atomic E-state index is 4.45. The molecule has 1 aliphatic heterocycles. The van der Waals surface area contributed by atoms with Crippen molar-refractivity contribution in [1.82, 2.24) is 15.3 Å². The van der Waals surface area contributed by atoms with Crippen LogP contribution in [-0.2, 0) is 0 Å². The van der Waals surface area contributed by atoms with Gasteiger partial charge in [0.05, 0.1) is 22.8 Å². The Morgan fingerprint density at radius 3 is 1.70 bits per heavy atom. The van der Waals surface area contributed by atoms with Crippen molar-refractivity contribution in [2.75, 3.05) is 0 Å². The van der Waals surface area contributed by atoms with Gasteiger partial charge in [-0.15, -0.1) is 0 Å². The molecule has 0 radical (unpaired) electrons. The summed E-state index contributed by atoms with van der Waals surface area (Å²) in [5, 5.41) is 3.45. The summed E-state index contributed by atoms with van der Waals surface area (Å²) in [6.45, 7) is 0. The zero-order valence-corrected chi connectivity index (χ0v) is 12.5. The molecule has 0 fully saturated rings. The second kappa shape index (κ2) is 5.89. The van der Waals surface area contributed by atoms with Crippen LogP contribution in [0, 0.1) is 0 Å². The molecule has 4 rings (SSSR count). The molecule has 0 bridgehead atoms. The molecule has 0 atom stereocenters. The van der Waals surface area contributed by atoms with E-state index in [0.717, 1.165) is 28.4 Å². The number of allylic oxidation sites excluding steroid dienone is 8. The molecule has 0 amide bonds. The highest BCUT2D eigenvalue weighted by molar-refractivity contribution is 5.82. The molecule has 0 spiro atoms. The average molecular weight is 297 g/mol. The minimum Gasteiger partial charge on any atom is -0.352 e. The molecule has 2 aliphatic rings. The first-order valence-corrected chi connectivity index (χ1v) is 7.52. The molecular weight excluding hydrogens is 282 g/mol. The predicted molar refractivity (Wildman–Crippen MR) is 92.9 cm³/mol. The molecule has 0 aromatic carbocycles. The summed E-state index contributed by atoms with van der Waals surface area (Å²) >= 11 is 0. The third-order valence-corrected chi connectivity index (χ3v) is 3.75. The van der Waals surface area contributed by atoms with E-state index in [4.69, 9.17) is 0 Å². The average Bonchev–Trinajstić information content (AvgIpc) is 3.18. The summed E-state index contributed by atoms with van der Waals surface area (Å²) < 4.78 is 0. The van der Waals surface area contributed by atoms with Gasteiger partial charge in [-0.3, -0.25) is 9.97 Å². The number of nitrogens with zero attached hydrogens (tertiary/aromatic N) is 2. The zero-order chi connectivity index (χ0) is 15.5. The predicted octanol–water partition coefficient (Wildman–Crippen LogP) is 3.88. The number of nitrogens with one attached hydrogen (secondary N) is 1. The minimum atomic E-state index is 0.915. The summed E-state index contributed by atoms with van der Waals surface area (Å²) in [7, 11) is 0. The van der Waals surface area contributed by atoms with Crippen molar-refractivity contribution in [3.8, 4) is 0 Å². The smallest absolute Gasteiger partial charge is 0.0864 e. The van der Waals surface area contributed by atoms with Crippen LogP contribution in [-0.4, -0.2) is 9.97 Å². The van der Waals surface area contributed by atoms with Gasteiger partial charge in [0.15, 0.2) is 0 Å². The molecule has 1 aliphatic carbocycles. The largest absolute Gasteiger partial charge is 0.352 e. The van der Waals surface area contributed by atoms with E-state index in [2.05, 4.69) is 39.6 Å². The maximum atomic E-state index is 4.45. The highest BCUT2D eigenvalue weighted by Gasteiger charge is 2.15. The summed E-state index contributed by atoms with van der Waals surface area (Å²) in [4.78, 5) is 8.91. The Morgan fingerprint density at radius 2 is 1.22 bits per heavy atom. The molecule has 110 valence electrons. The van der Waals surface area contributed by atoms with Crippen LogP contribution in [0.2, 0.25) is 0 Å². The maximum Gasteiger partial charge on any atom is 0.0864 e. The van der Waals surface area contributed by atoms with Crippen molar-refractivity contribution in [3.63, 3.8) is 0 Å². The van der Waals surface area contributed by atoms with E-state index in [1.165, 1.54) is 5.57 Å². The molecule has 1 N–H and O–H groups in total. The molecule has 2 aromatic heterocycles. The van der Waals surface area contributed by atoms with Crippen LogP contribution in [0.25, 0.3) is 11.4 Å². The van der Waals surface area contributed by atoms with E-state index in [0.29, 0.717) is 0 Å². The first kappa shape index (κ1) is 13.5. The highest BCUT2D eigenvalue weighted by atomic mass is 15.0. The van der Waals surface area contributed by atoms with Crippen LogP contribution in [0.3, 0.4) is 0 Å². The van der Waals surface area contributed by atoms with E-state index in [9.17, 15) is 0 Å². The van der Waals surface area contributed by atoms with E-state index in [-0.39, 0.29) is 0 Å². The van der Waals surface area contributed by atoms with Gasteiger partial charge < -0.3 is 5.32 Å². The number of dihydropyridines is 1. The van der Waals surface area contributed by atoms with Crippen molar-refractivity contribution in [2.24, 2.45) is 0 Å². The molecule has 2 aromatic rings. The van der Waals surface area contributed by atoms with Crippen LogP contribution >= 0.6 is 0 Å². The van der Waals surface area contributed by atoms with Gasteiger partial charge in [0.2, 0.25) is 0 Å². The van der Waals surface area contributed by atoms with Crippen LogP contribution in [0.4, 0.5) is 0 Å². The van der Waals surface area contributed by atoms with Gasteiger partial charge in [-0.25, -0.2) is 0 Å². The second-order valence-electron chi connectivity index (χ2n) is 5.30. The SMILES string of the molecule is C1=CC(=C2C=C(c3ccccn3)NC(c3ccccn3)=C2)C=C1. The minimum absolute atomic E-state index is 0.915. The lowest BCUT2D eigenvalue weighted by molar-refractivity contribution is 1.12. The molecule has 23 heavy (non-hydrogen) atoms. The molecule has 0 saturated carbocycles. The monoisotopic (exact) mass is 297 g/mol. The topological polar surface area (TPSA) is 37.8 Å². The fourth-order valence-electron chi connectivity index (χ4n) is 2.62. The van der Waals surface area contributed by atoms with Gasteiger partial charge in [-0.2, -0.15) is 0 Å². The van der Waals surface area contributed by atoms with Crippen molar-refractivity contribution < 1.29 is 0 Å².